The van der Waals surface area contributed by atoms with E-state index < -0.39 is 5.82 Å². The average molecular weight is 290 g/mol. The van der Waals surface area contributed by atoms with Crippen molar-refractivity contribution in [2.24, 2.45) is 0 Å². The van der Waals surface area contributed by atoms with Gasteiger partial charge < -0.3 is 4.74 Å². The molecule has 2 aromatic rings. The summed E-state index contributed by atoms with van der Waals surface area (Å²) in [7, 11) is 0. The van der Waals surface area contributed by atoms with Gasteiger partial charge in [0, 0.05) is 10.6 Å². The Morgan fingerprint density at radius 2 is 2.10 bits per heavy atom. The molecule has 100 valence electrons. The third kappa shape index (κ3) is 3.14. The molecule has 0 aliphatic heterocycles. The first-order chi connectivity index (χ1) is 9.63. The Morgan fingerprint density at radius 1 is 1.30 bits per heavy atom. The Morgan fingerprint density at radius 3 is 2.80 bits per heavy atom. The fourth-order valence-electron chi connectivity index (χ4n) is 1.69. The number of rotatable bonds is 4. The molecule has 0 amide bonds. The molecule has 0 aliphatic carbocycles. The molecular formula is C15H9ClFNO2. The van der Waals surface area contributed by atoms with Crippen molar-refractivity contribution in [2.75, 3.05) is 0 Å². The number of halogens is 2. The zero-order valence-corrected chi connectivity index (χ0v) is 11.0. The largest absolute Gasteiger partial charge is 0.488 e. The number of carbonyl (C=O) groups excluding carboxylic acids is 1. The zero-order valence-electron chi connectivity index (χ0n) is 10.3. The summed E-state index contributed by atoms with van der Waals surface area (Å²) in [5.74, 6) is -0.119. The Hall–Kier alpha value is -2.38. The van der Waals surface area contributed by atoms with Gasteiger partial charge in [-0.15, -0.1) is 0 Å². The van der Waals surface area contributed by atoms with Gasteiger partial charge in [0.25, 0.3) is 0 Å². The van der Waals surface area contributed by atoms with Crippen LogP contribution < -0.4 is 4.74 Å². The summed E-state index contributed by atoms with van der Waals surface area (Å²) >= 11 is 5.77. The van der Waals surface area contributed by atoms with Crippen molar-refractivity contribution in [2.45, 2.75) is 6.61 Å². The average Bonchev–Trinajstić information content (AvgIpc) is 2.46. The van der Waals surface area contributed by atoms with Crippen molar-refractivity contribution in [1.29, 1.82) is 5.26 Å². The summed E-state index contributed by atoms with van der Waals surface area (Å²) in [6, 6.07) is 10.4. The van der Waals surface area contributed by atoms with E-state index in [4.69, 9.17) is 21.6 Å². The van der Waals surface area contributed by atoms with E-state index in [9.17, 15) is 9.18 Å². The molecule has 3 nitrogen and oxygen atoms in total. The molecular weight excluding hydrogens is 281 g/mol. The maximum Gasteiger partial charge on any atom is 0.153 e. The molecule has 0 saturated carbocycles. The van der Waals surface area contributed by atoms with Gasteiger partial charge in [-0.1, -0.05) is 11.6 Å². The van der Waals surface area contributed by atoms with Crippen LogP contribution in [-0.4, -0.2) is 6.29 Å². The molecule has 20 heavy (non-hydrogen) atoms. The van der Waals surface area contributed by atoms with E-state index >= 15 is 0 Å². The molecule has 0 unspecified atom stereocenters. The van der Waals surface area contributed by atoms with Crippen molar-refractivity contribution in [3.05, 3.63) is 63.9 Å². The first kappa shape index (κ1) is 14.0. The quantitative estimate of drug-likeness (QED) is 0.806. The normalized spacial score (nSPS) is 9.85. The van der Waals surface area contributed by atoms with Gasteiger partial charge in [0.1, 0.15) is 18.2 Å². The molecule has 0 fully saturated rings. The second-order valence-electron chi connectivity index (χ2n) is 4.00. The minimum absolute atomic E-state index is 0.0108. The SMILES string of the molecule is N#Cc1ccc(F)cc1COc1ccc(Cl)cc1C=O. The molecule has 0 spiro atoms. The maximum atomic E-state index is 13.2. The molecule has 0 atom stereocenters. The molecule has 0 bridgehead atoms. The maximum absolute atomic E-state index is 13.2. The summed E-state index contributed by atoms with van der Waals surface area (Å²) in [5, 5.41) is 9.36. The molecule has 0 aliphatic rings. The minimum atomic E-state index is -0.450. The number of nitrogens with zero attached hydrogens (tertiary/aromatic N) is 1. The molecule has 0 radical (unpaired) electrons. The van der Waals surface area contributed by atoms with Gasteiger partial charge in [-0.05, 0) is 36.4 Å². The van der Waals surface area contributed by atoms with Crippen molar-refractivity contribution in [1.82, 2.24) is 0 Å². The minimum Gasteiger partial charge on any atom is -0.488 e. The van der Waals surface area contributed by atoms with Crippen LogP contribution in [0.2, 0.25) is 5.02 Å². The van der Waals surface area contributed by atoms with Crippen LogP contribution in [0.1, 0.15) is 21.5 Å². The lowest BCUT2D eigenvalue weighted by Gasteiger charge is -2.10. The Labute approximate surface area is 120 Å². The topological polar surface area (TPSA) is 50.1 Å². The van der Waals surface area contributed by atoms with Crippen LogP contribution in [0.3, 0.4) is 0 Å². The first-order valence-electron chi connectivity index (χ1n) is 5.70. The molecule has 5 heteroatoms. The molecule has 0 heterocycles. The number of aldehydes is 1. The van der Waals surface area contributed by atoms with Crippen LogP contribution in [0.15, 0.2) is 36.4 Å². The fourth-order valence-corrected chi connectivity index (χ4v) is 1.87. The van der Waals surface area contributed by atoms with Gasteiger partial charge in [0.2, 0.25) is 0 Å². The number of ether oxygens (including phenoxy) is 1. The van der Waals surface area contributed by atoms with Crippen molar-refractivity contribution in [3.63, 3.8) is 0 Å². The Balaban J connectivity index is 2.23. The highest BCUT2D eigenvalue weighted by Crippen LogP contribution is 2.23. The summed E-state index contributed by atoms with van der Waals surface area (Å²) in [5.41, 5.74) is 1.04. The van der Waals surface area contributed by atoms with E-state index in [1.165, 1.54) is 24.3 Å². The third-order valence-electron chi connectivity index (χ3n) is 2.67. The summed E-state index contributed by atoms with van der Waals surface area (Å²) in [6.07, 6.45) is 0.623. The van der Waals surface area contributed by atoms with E-state index in [0.717, 1.165) is 0 Å². The smallest absolute Gasteiger partial charge is 0.153 e. The highest BCUT2D eigenvalue weighted by atomic mass is 35.5. The number of nitriles is 1. The standard InChI is InChI=1S/C15H9ClFNO2/c16-13-2-4-15(11(5-13)8-19)20-9-12-6-14(17)3-1-10(12)7-18/h1-6,8H,9H2. The van der Waals surface area contributed by atoms with E-state index in [2.05, 4.69) is 0 Å². The predicted molar refractivity (Wildman–Crippen MR) is 72.3 cm³/mol. The highest BCUT2D eigenvalue weighted by Gasteiger charge is 2.08. The predicted octanol–water partition coefficient (Wildman–Crippen LogP) is 3.74. The van der Waals surface area contributed by atoms with Crippen molar-refractivity contribution < 1.29 is 13.9 Å². The number of hydrogen-bond acceptors (Lipinski definition) is 3. The Bertz CT molecular complexity index is 695. The fraction of sp³-hybridized carbons (Fsp3) is 0.0667. The van der Waals surface area contributed by atoms with E-state index in [-0.39, 0.29) is 6.61 Å². The second kappa shape index (κ2) is 6.18. The van der Waals surface area contributed by atoms with Crippen LogP contribution in [0.5, 0.6) is 5.75 Å². The number of carbonyl (C=O) groups is 1. The highest BCUT2D eigenvalue weighted by molar-refractivity contribution is 6.30. The van der Waals surface area contributed by atoms with E-state index in [0.29, 0.717) is 33.7 Å². The summed E-state index contributed by atoms with van der Waals surface area (Å²) in [4.78, 5) is 10.9. The first-order valence-corrected chi connectivity index (χ1v) is 6.08. The van der Waals surface area contributed by atoms with Crippen LogP contribution in [0, 0.1) is 17.1 Å². The lowest BCUT2D eigenvalue weighted by atomic mass is 10.1. The molecule has 2 rings (SSSR count). The van der Waals surface area contributed by atoms with Crippen molar-refractivity contribution in [3.8, 4) is 11.8 Å². The number of benzene rings is 2. The van der Waals surface area contributed by atoms with Gasteiger partial charge in [-0.2, -0.15) is 5.26 Å². The van der Waals surface area contributed by atoms with Gasteiger partial charge >= 0.3 is 0 Å². The lowest BCUT2D eigenvalue weighted by Crippen LogP contribution is -2.01. The number of hydrogen-bond donors (Lipinski definition) is 0. The zero-order chi connectivity index (χ0) is 14.5. The van der Waals surface area contributed by atoms with Gasteiger partial charge in [-0.25, -0.2) is 4.39 Å². The molecule has 2 aromatic carbocycles. The molecule has 0 N–H and O–H groups in total. The Kier molecular flexibility index (Phi) is 4.34. The van der Waals surface area contributed by atoms with Gasteiger partial charge in [-0.3, -0.25) is 4.79 Å². The second-order valence-corrected chi connectivity index (χ2v) is 4.44. The van der Waals surface area contributed by atoms with Crippen LogP contribution in [-0.2, 0) is 6.61 Å². The van der Waals surface area contributed by atoms with Crippen LogP contribution >= 0.6 is 11.6 Å². The summed E-state index contributed by atoms with van der Waals surface area (Å²) in [6.45, 7) is -0.0108. The van der Waals surface area contributed by atoms with E-state index in [1.807, 2.05) is 6.07 Å². The lowest BCUT2D eigenvalue weighted by molar-refractivity contribution is 0.111. The molecule has 0 aromatic heterocycles. The monoisotopic (exact) mass is 289 g/mol. The van der Waals surface area contributed by atoms with Gasteiger partial charge in [0.15, 0.2) is 6.29 Å². The van der Waals surface area contributed by atoms with Crippen LogP contribution in [0.25, 0.3) is 0 Å². The third-order valence-corrected chi connectivity index (χ3v) is 2.90. The van der Waals surface area contributed by atoms with Crippen LogP contribution in [0.4, 0.5) is 4.39 Å². The summed E-state index contributed by atoms with van der Waals surface area (Å²) < 4.78 is 18.6. The van der Waals surface area contributed by atoms with Gasteiger partial charge in [0.05, 0.1) is 17.2 Å². The van der Waals surface area contributed by atoms with E-state index in [1.54, 1.807) is 12.1 Å². The van der Waals surface area contributed by atoms with Crippen molar-refractivity contribution >= 4 is 17.9 Å². The molecule has 0 saturated heterocycles.